The molecule has 1 fully saturated rings. The Bertz CT molecular complexity index is 378. The standard InChI is InChI=1S/C14H25N3O4/c1-3-12(14(19)20)16-17(10-21-2)9-13(18)15-11-7-5-4-6-8-11/h11H,3-10H2,1-2H3,(H,15,18)(H,19,20)/b16-12+. The summed E-state index contributed by atoms with van der Waals surface area (Å²) in [5.41, 5.74) is 0.0116. The van der Waals surface area contributed by atoms with Gasteiger partial charge in [0, 0.05) is 13.2 Å². The molecule has 0 spiro atoms. The average molecular weight is 299 g/mol. The zero-order valence-corrected chi connectivity index (χ0v) is 12.8. The molecule has 1 aliphatic carbocycles. The maximum atomic E-state index is 12.0. The molecule has 1 amide bonds. The highest BCUT2D eigenvalue weighted by atomic mass is 16.5. The lowest BCUT2D eigenvalue weighted by Gasteiger charge is -2.24. The van der Waals surface area contributed by atoms with Crippen LogP contribution in [-0.4, -0.2) is 54.1 Å². The Balaban J connectivity index is 2.55. The lowest BCUT2D eigenvalue weighted by atomic mass is 9.95. The molecule has 1 rings (SSSR count). The first kappa shape index (κ1) is 17.4. The van der Waals surface area contributed by atoms with Gasteiger partial charge in [-0.2, -0.15) is 5.10 Å². The molecule has 0 radical (unpaired) electrons. The van der Waals surface area contributed by atoms with Crippen molar-refractivity contribution in [2.45, 2.75) is 51.5 Å². The van der Waals surface area contributed by atoms with Gasteiger partial charge in [-0.3, -0.25) is 9.80 Å². The number of nitrogens with one attached hydrogen (secondary N) is 1. The molecule has 0 saturated heterocycles. The van der Waals surface area contributed by atoms with Crippen molar-refractivity contribution in [2.24, 2.45) is 5.10 Å². The number of hydrazone groups is 1. The van der Waals surface area contributed by atoms with E-state index < -0.39 is 5.97 Å². The number of rotatable bonds is 8. The SMILES string of the molecule is CC/C(=N\N(COC)CC(=O)NC1CCCCC1)C(=O)O. The number of carbonyl (C=O) groups is 2. The van der Waals surface area contributed by atoms with Crippen LogP contribution in [0.25, 0.3) is 0 Å². The van der Waals surface area contributed by atoms with Crippen molar-refractivity contribution in [3.8, 4) is 0 Å². The monoisotopic (exact) mass is 299 g/mol. The predicted octanol–water partition coefficient (Wildman–Crippen LogP) is 1.19. The molecule has 1 saturated carbocycles. The number of amides is 1. The quantitative estimate of drug-likeness (QED) is 0.399. The summed E-state index contributed by atoms with van der Waals surface area (Å²) in [5, 5.41) is 17.3. The van der Waals surface area contributed by atoms with E-state index in [-0.39, 0.29) is 30.9 Å². The Morgan fingerprint density at radius 3 is 2.52 bits per heavy atom. The number of methoxy groups -OCH3 is 1. The third-order valence-electron chi connectivity index (χ3n) is 3.42. The van der Waals surface area contributed by atoms with E-state index in [0.717, 1.165) is 25.7 Å². The van der Waals surface area contributed by atoms with Gasteiger partial charge in [0.25, 0.3) is 0 Å². The van der Waals surface area contributed by atoms with Crippen LogP contribution in [0.2, 0.25) is 0 Å². The number of carboxylic acid groups (broad SMARTS) is 1. The van der Waals surface area contributed by atoms with Crippen LogP contribution in [0.5, 0.6) is 0 Å². The Kier molecular flexibility index (Phi) is 7.74. The van der Waals surface area contributed by atoms with Crippen molar-refractivity contribution < 1.29 is 19.4 Å². The molecule has 7 nitrogen and oxygen atoms in total. The zero-order chi connectivity index (χ0) is 15.7. The molecular weight excluding hydrogens is 274 g/mol. The molecule has 0 aromatic rings. The molecule has 0 aromatic carbocycles. The van der Waals surface area contributed by atoms with Crippen LogP contribution in [0.3, 0.4) is 0 Å². The summed E-state index contributed by atoms with van der Waals surface area (Å²) in [6.45, 7) is 1.79. The van der Waals surface area contributed by atoms with Gasteiger partial charge in [-0.05, 0) is 19.3 Å². The Labute approximate surface area is 125 Å². The Morgan fingerprint density at radius 2 is 2.00 bits per heavy atom. The molecule has 21 heavy (non-hydrogen) atoms. The minimum Gasteiger partial charge on any atom is -0.477 e. The third kappa shape index (κ3) is 6.57. The van der Waals surface area contributed by atoms with Gasteiger partial charge >= 0.3 is 5.97 Å². The first-order chi connectivity index (χ1) is 10.1. The van der Waals surface area contributed by atoms with E-state index in [9.17, 15) is 9.59 Å². The average Bonchev–Trinajstić information content (AvgIpc) is 2.45. The Hall–Kier alpha value is -1.63. The molecule has 0 bridgehead atoms. The maximum Gasteiger partial charge on any atom is 0.352 e. The number of ether oxygens (including phenoxy) is 1. The summed E-state index contributed by atoms with van der Waals surface area (Å²) < 4.78 is 4.97. The van der Waals surface area contributed by atoms with Crippen LogP contribution in [0.15, 0.2) is 5.10 Å². The predicted molar refractivity (Wildman–Crippen MR) is 79.0 cm³/mol. The van der Waals surface area contributed by atoms with E-state index in [0.29, 0.717) is 6.42 Å². The van der Waals surface area contributed by atoms with Crippen LogP contribution < -0.4 is 5.32 Å². The van der Waals surface area contributed by atoms with Gasteiger partial charge in [0.2, 0.25) is 5.91 Å². The fourth-order valence-corrected chi connectivity index (χ4v) is 2.38. The van der Waals surface area contributed by atoms with Crippen molar-refractivity contribution in [3.63, 3.8) is 0 Å². The normalized spacial score (nSPS) is 16.6. The summed E-state index contributed by atoms with van der Waals surface area (Å²) in [6, 6.07) is 0.227. The molecule has 120 valence electrons. The van der Waals surface area contributed by atoms with Crippen molar-refractivity contribution >= 4 is 17.6 Å². The fourth-order valence-electron chi connectivity index (χ4n) is 2.38. The van der Waals surface area contributed by atoms with Crippen LogP contribution in [0.4, 0.5) is 0 Å². The molecule has 0 aromatic heterocycles. The first-order valence-corrected chi connectivity index (χ1v) is 7.40. The van der Waals surface area contributed by atoms with Crippen molar-refractivity contribution in [1.29, 1.82) is 0 Å². The highest BCUT2D eigenvalue weighted by Gasteiger charge is 2.18. The smallest absolute Gasteiger partial charge is 0.352 e. The van der Waals surface area contributed by atoms with Crippen LogP contribution >= 0.6 is 0 Å². The molecule has 0 heterocycles. The van der Waals surface area contributed by atoms with Gasteiger partial charge < -0.3 is 15.2 Å². The summed E-state index contributed by atoms with van der Waals surface area (Å²) in [6.07, 6.45) is 5.82. The molecule has 0 unspecified atom stereocenters. The van der Waals surface area contributed by atoms with Crippen LogP contribution in [0.1, 0.15) is 45.4 Å². The second kappa shape index (κ2) is 9.33. The highest BCUT2D eigenvalue weighted by molar-refractivity contribution is 6.35. The molecular formula is C14H25N3O4. The number of hydrogen-bond acceptors (Lipinski definition) is 5. The molecule has 7 heteroatoms. The van der Waals surface area contributed by atoms with Crippen LogP contribution in [-0.2, 0) is 14.3 Å². The lowest BCUT2D eigenvalue weighted by molar-refractivity contribution is -0.130. The van der Waals surface area contributed by atoms with Crippen molar-refractivity contribution in [1.82, 2.24) is 10.3 Å². The second-order valence-corrected chi connectivity index (χ2v) is 5.19. The van der Waals surface area contributed by atoms with E-state index in [2.05, 4.69) is 10.4 Å². The van der Waals surface area contributed by atoms with E-state index >= 15 is 0 Å². The van der Waals surface area contributed by atoms with Crippen LogP contribution in [0, 0.1) is 0 Å². The number of hydrogen-bond donors (Lipinski definition) is 2. The largest absolute Gasteiger partial charge is 0.477 e. The number of carboxylic acids is 1. The lowest BCUT2D eigenvalue weighted by Crippen LogP contribution is -2.42. The summed E-state index contributed by atoms with van der Waals surface area (Å²) in [4.78, 5) is 23.0. The van der Waals surface area contributed by atoms with Gasteiger partial charge in [0.15, 0.2) is 0 Å². The van der Waals surface area contributed by atoms with Crippen molar-refractivity contribution in [2.75, 3.05) is 20.4 Å². The summed E-state index contributed by atoms with van der Waals surface area (Å²) in [5.74, 6) is -1.23. The highest BCUT2D eigenvalue weighted by Crippen LogP contribution is 2.17. The van der Waals surface area contributed by atoms with E-state index in [1.165, 1.54) is 18.5 Å². The third-order valence-corrected chi connectivity index (χ3v) is 3.42. The van der Waals surface area contributed by atoms with E-state index in [1.54, 1.807) is 6.92 Å². The van der Waals surface area contributed by atoms with E-state index in [4.69, 9.17) is 9.84 Å². The molecule has 0 atom stereocenters. The number of aliphatic carboxylic acids is 1. The van der Waals surface area contributed by atoms with Gasteiger partial charge in [0.05, 0.1) is 0 Å². The first-order valence-electron chi connectivity index (χ1n) is 7.40. The second-order valence-electron chi connectivity index (χ2n) is 5.19. The van der Waals surface area contributed by atoms with Crippen molar-refractivity contribution in [3.05, 3.63) is 0 Å². The van der Waals surface area contributed by atoms with Gasteiger partial charge in [-0.1, -0.05) is 26.2 Å². The minimum atomic E-state index is -1.08. The van der Waals surface area contributed by atoms with Gasteiger partial charge in [-0.25, -0.2) is 4.79 Å². The number of carbonyl (C=O) groups excluding carboxylic acids is 1. The Morgan fingerprint density at radius 1 is 1.33 bits per heavy atom. The number of nitrogens with zero attached hydrogens (tertiary/aromatic N) is 2. The zero-order valence-electron chi connectivity index (χ0n) is 12.8. The summed E-state index contributed by atoms with van der Waals surface area (Å²) >= 11 is 0. The topological polar surface area (TPSA) is 91.2 Å². The summed E-state index contributed by atoms with van der Waals surface area (Å²) in [7, 11) is 1.48. The molecule has 1 aliphatic rings. The molecule has 0 aliphatic heterocycles. The van der Waals surface area contributed by atoms with E-state index in [1.807, 2.05) is 0 Å². The minimum absolute atomic E-state index is 0.00111. The van der Waals surface area contributed by atoms with Gasteiger partial charge in [0.1, 0.15) is 19.0 Å². The molecule has 2 N–H and O–H groups in total. The maximum absolute atomic E-state index is 12.0. The van der Waals surface area contributed by atoms with Gasteiger partial charge in [-0.15, -0.1) is 0 Å². The fraction of sp³-hybridized carbons (Fsp3) is 0.786.